The fourth-order valence-electron chi connectivity index (χ4n) is 2.38. The first-order valence-electron chi connectivity index (χ1n) is 7.61. The van der Waals surface area contributed by atoms with Crippen molar-refractivity contribution >= 4 is 17.5 Å². The first-order valence-corrected chi connectivity index (χ1v) is 8.14. The second-order valence-electron chi connectivity index (χ2n) is 7.44. The van der Waals surface area contributed by atoms with Crippen LogP contribution in [-0.2, 0) is 5.41 Å². The van der Waals surface area contributed by atoms with Gasteiger partial charge in [0, 0.05) is 18.0 Å². The van der Waals surface area contributed by atoms with Crippen LogP contribution in [0.15, 0.2) is 24.3 Å². The van der Waals surface area contributed by atoms with Crippen molar-refractivity contribution in [1.82, 2.24) is 5.32 Å². The van der Waals surface area contributed by atoms with Crippen LogP contribution in [0.3, 0.4) is 0 Å². The number of carbonyl (C=O) groups is 1. The number of carbonyl (C=O) groups excluding carboxylic acids is 1. The highest BCUT2D eigenvalue weighted by Gasteiger charge is 2.23. The highest BCUT2D eigenvalue weighted by molar-refractivity contribution is 6.17. The molecule has 0 fully saturated rings. The predicted molar refractivity (Wildman–Crippen MR) is 91.2 cm³/mol. The molecule has 0 heterocycles. The third kappa shape index (κ3) is 5.70. The van der Waals surface area contributed by atoms with Gasteiger partial charge in [-0.3, -0.25) is 4.79 Å². The van der Waals surface area contributed by atoms with Gasteiger partial charge in [-0.05, 0) is 35.3 Å². The average molecular weight is 310 g/mol. The van der Waals surface area contributed by atoms with Crippen LogP contribution < -0.4 is 5.32 Å². The summed E-state index contributed by atoms with van der Waals surface area (Å²) in [7, 11) is 0. The molecule has 1 N–H and O–H groups in total. The summed E-state index contributed by atoms with van der Waals surface area (Å²) in [4.78, 5) is 12.5. The minimum atomic E-state index is -0.0396. The molecule has 0 radical (unpaired) electrons. The molecule has 0 unspecified atom stereocenters. The molecule has 1 amide bonds. The van der Waals surface area contributed by atoms with Gasteiger partial charge in [-0.1, -0.05) is 52.8 Å². The van der Waals surface area contributed by atoms with Gasteiger partial charge < -0.3 is 5.32 Å². The summed E-state index contributed by atoms with van der Waals surface area (Å²) in [6.45, 7) is 11.4. The molecule has 3 heteroatoms. The van der Waals surface area contributed by atoms with Crippen LogP contribution in [0.5, 0.6) is 0 Å². The van der Waals surface area contributed by atoms with Crippen LogP contribution in [0.4, 0.5) is 0 Å². The Balaban J connectivity index is 2.77. The molecule has 118 valence electrons. The number of benzene rings is 1. The largest absolute Gasteiger partial charge is 0.351 e. The van der Waals surface area contributed by atoms with Gasteiger partial charge in [0.15, 0.2) is 0 Å². The van der Waals surface area contributed by atoms with Crippen LogP contribution >= 0.6 is 11.6 Å². The number of halogens is 1. The van der Waals surface area contributed by atoms with Gasteiger partial charge in [0.05, 0.1) is 0 Å². The Morgan fingerprint density at radius 1 is 1.14 bits per heavy atom. The summed E-state index contributed by atoms with van der Waals surface area (Å²) in [5, 5.41) is 3.08. The van der Waals surface area contributed by atoms with Gasteiger partial charge in [-0.25, -0.2) is 0 Å². The van der Waals surface area contributed by atoms with Crippen LogP contribution in [0.2, 0.25) is 0 Å². The minimum Gasteiger partial charge on any atom is -0.351 e. The van der Waals surface area contributed by atoms with Crippen molar-refractivity contribution in [3.63, 3.8) is 0 Å². The highest BCUT2D eigenvalue weighted by atomic mass is 35.5. The second kappa shape index (κ2) is 7.31. The van der Waals surface area contributed by atoms with Crippen molar-refractivity contribution in [2.24, 2.45) is 5.41 Å². The maximum absolute atomic E-state index is 12.5. The molecule has 0 atom stereocenters. The molecule has 0 aromatic heterocycles. The van der Waals surface area contributed by atoms with E-state index in [0.717, 1.165) is 24.0 Å². The molecular formula is C18H28ClNO. The number of nitrogens with one attached hydrogen (secondary N) is 1. The van der Waals surface area contributed by atoms with E-state index in [9.17, 15) is 4.79 Å². The first-order chi connectivity index (χ1) is 9.67. The van der Waals surface area contributed by atoms with Crippen LogP contribution in [0, 0.1) is 5.41 Å². The van der Waals surface area contributed by atoms with E-state index in [-0.39, 0.29) is 16.7 Å². The van der Waals surface area contributed by atoms with E-state index >= 15 is 0 Å². The van der Waals surface area contributed by atoms with E-state index in [0.29, 0.717) is 12.4 Å². The molecule has 1 aromatic carbocycles. The smallest absolute Gasteiger partial charge is 0.251 e. The Kier molecular flexibility index (Phi) is 6.27. The summed E-state index contributed by atoms with van der Waals surface area (Å²) in [6, 6.07) is 7.85. The molecule has 1 rings (SSSR count). The Morgan fingerprint density at radius 3 is 2.33 bits per heavy atom. The summed E-state index contributed by atoms with van der Waals surface area (Å²) in [5.41, 5.74) is 1.89. The van der Waals surface area contributed by atoms with E-state index in [2.05, 4.69) is 39.9 Å². The van der Waals surface area contributed by atoms with Crippen molar-refractivity contribution in [2.75, 3.05) is 12.4 Å². The molecule has 0 saturated heterocycles. The fourth-order valence-corrected chi connectivity index (χ4v) is 2.52. The summed E-state index contributed by atoms with van der Waals surface area (Å²) in [6.07, 6.45) is 1.99. The van der Waals surface area contributed by atoms with Gasteiger partial charge >= 0.3 is 0 Å². The normalized spacial score (nSPS) is 12.3. The molecule has 2 nitrogen and oxygen atoms in total. The van der Waals surface area contributed by atoms with Crippen LogP contribution in [0.1, 0.15) is 63.4 Å². The maximum atomic E-state index is 12.5. The fraction of sp³-hybridized carbons (Fsp3) is 0.611. The SMILES string of the molecule is CC(C)(CCCCl)CNC(=O)c1ccccc1C(C)(C)C. The van der Waals surface area contributed by atoms with Gasteiger partial charge in [-0.2, -0.15) is 0 Å². The van der Waals surface area contributed by atoms with Crippen LogP contribution in [-0.4, -0.2) is 18.3 Å². The zero-order valence-electron chi connectivity index (χ0n) is 13.9. The number of alkyl halides is 1. The van der Waals surface area contributed by atoms with Crippen molar-refractivity contribution in [3.8, 4) is 0 Å². The van der Waals surface area contributed by atoms with Gasteiger partial charge in [0.2, 0.25) is 0 Å². The Hall–Kier alpha value is -1.02. The zero-order valence-corrected chi connectivity index (χ0v) is 14.7. The van der Waals surface area contributed by atoms with Gasteiger partial charge in [-0.15, -0.1) is 11.6 Å². The molecule has 0 aliphatic heterocycles. The predicted octanol–water partition coefficient (Wildman–Crippen LogP) is 4.76. The average Bonchev–Trinajstić information content (AvgIpc) is 2.42. The van der Waals surface area contributed by atoms with E-state index in [1.165, 1.54) is 0 Å². The standard InChI is InChI=1S/C18H28ClNO/c1-17(2,3)15-10-7-6-9-14(15)16(21)20-13-18(4,5)11-8-12-19/h6-7,9-10H,8,11-13H2,1-5H3,(H,20,21). The number of amides is 1. The lowest BCUT2D eigenvalue weighted by molar-refractivity contribution is 0.0932. The minimum absolute atomic E-state index is 0.0134. The Labute approximate surface area is 134 Å². The van der Waals surface area contributed by atoms with E-state index in [4.69, 9.17) is 11.6 Å². The van der Waals surface area contributed by atoms with Gasteiger partial charge in [0.25, 0.3) is 5.91 Å². The quantitative estimate of drug-likeness (QED) is 0.754. The number of hydrogen-bond acceptors (Lipinski definition) is 1. The summed E-state index contributed by atoms with van der Waals surface area (Å²) in [5.74, 6) is 0.684. The highest BCUT2D eigenvalue weighted by Crippen LogP contribution is 2.26. The summed E-state index contributed by atoms with van der Waals surface area (Å²) >= 11 is 5.75. The lowest BCUT2D eigenvalue weighted by Crippen LogP contribution is -2.35. The third-order valence-electron chi connectivity index (χ3n) is 3.69. The third-order valence-corrected chi connectivity index (χ3v) is 3.96. The lowest BCUT2D eigenvalue weighted by Gasteiger charge is -2.26. The second-order valence-corrected chi connectivity index (χ2v) is 7.81. The monoisotopic (exact) mass is 309 g/mol. The molecule has 0 saturated carbocycles. The molecule has 0 bridgehead atoms. The zero-order chi connectivity index (χ0) is 16.1. The van der Waals surface area contributed by atoms with E-state index < -0.39 is 0 Å². The lowest BCUT2D eigenvalue weighted by atomic mass is 9.83. The molecular weight excluding hydrogens is 282 g/mol. The molecule has 21 heavy (non-hydrogen) atoms. The van der Waals surface area contributed by atoms with Gasteiger partial charge in [0.1, 0.15) is 0 Å². The van der Waals surface area contributed by atoms with Crippen molar-refractivity contribution in [3.05, 3.63) is 35.4 Å². The van der Waals surface area contributed by atoms with Crippen molar-refractivity contribution in [2.45, 2.75) is 52.9 Å². The molecule has 1 aromatic rings. The van der Waals surface area contributed by atoms with Crippen molar-refractivity contribution < 1.29 is 4.79 Å². The molecule has 0 spiro atoms. The summed E-state index contributed by atoms with van der Waals surface area (Å²) < 4.78 is 0. The maximum Gasteiger partial charge on any atom is 0.251 e. The number of rotatable bonds is 6. The molecule has 0 aliphatic rings. The van der Waals surface area contributed by atoms with E-state index in [1.807, 2.05) is 24.3 Å². The molecule has 0 aliphatic carbocycles. The first kappa shape index (κ1) is 18.0. The Bertz CT molecular complexity index is 474. The topological polar surface area (TPSA) is 29.1 Å². The van der Waals surface area contributed by atoms with Crippen molar-refractivity contribution in [1.29, 1.82) is 0 Å². The van der Waals surface area contributed by atoms with E-state index in [1.54, 1.807) is 0 Å². The Morgan fingerprint density at radius 2 is 1.76 bits per heavy atom. The number of hydrogen-bond donors (Lipinski definition) is 1. The van der Waals surface area contributed by atoms with Crippen LogP contribution in [0.25, 0.3) is 0 Å².